The molecule has 0 amide bonds. The Labute approximate surface area is 99.6 Å². The van der Waals surface area contributed by atoms with Crippen molar-refractivity contribution in [1.82, 2.24) is 0 Å². The minimum absolute atomic E-state index is 0.0156. The van der Waals surface area contributed by atoms with Crippen LogP contribution < -0.4 is 10.5 Å². The molecule has 6 heteroatoms. The highest BCUT2D eigenvalue weighted by molar-refractivity contribution is 5.53. The summed E-state index contributed by atoms with van der Waals surface area (Å²) in [5, 5.41) is 0. The third-order valence-corrected chi connectivity index (χ3v) is 2.21. The number of ether oxygens (including phenoxy) is 1. The lowest BCUT2D eigenvalue weighted by Crippen LogP contribution is -2.00. The lowest BCUT2D eigenvalue weighted by Gasteiger charge is -2.09. The number of hydrogen-bond donors (Lipinski definition) is 1. The molecule has 2 N–H and O–H groups in total. The molecule has 0 bridgehead atoms. The van der Waals surface area contributed by atoms with Gasteiger partial charge in [-0.25, -0.2) is 13.2 Å². The minimum Gasteiger partial charge on any atom is -0.452 e. The second kappa shape index (κ2) is 4.56. The largest absolute Gasteiger partial charge is 0.452 e. The first-order chi connectivity index (χ1) is 8.50. The number of anilines is 1. The summed E-state index contributed by atoms with van der Waals surface area (Å²) in [4.78, 5) is 0. The second-order valence-corrected chi connectivity index (χ2v) is 3.44. The summed E-state index contributed by atoms with van der Waals surface area (Å²) in [6.45, 7) is 0. The summed E-state index contributed by atoms with van der Waals surface area (Å²) in [7, 11) is 0. The molecule has 0 atom stereocenters. The summed E-state index contributed by atoms with van der Waals surface area (Å²) >= 11 is 0. The Morgan fingerprint density at radius 2 is 1.50 bits per heavy atom. The van der Waals surface area contributed by atoms with Crippen LogP contribution in [0.25, 0.3) is 0 Å². The van der Waals surface area contributed by atoms with E-state index in [0.717, 1.165) is 0 Å². The summed E-state index contributed by atoms with van der Waals surface area (Å²) < 4.78 is 56.8. The van der Waals surface area contributed by atoms with E-state index in [4.69, 9.17) is 10.5 Å². The molecule has 0 aromatic heterocycles. The van der Waals surface area contributed by atoms with Crippen LogP contribution in [-0.2, 0) is 0 Å². The Balaban J connectivity index is 2.45. The number of rotatable bonds is 2. The van der Waals surface area contributed by atoms with Gasteiger partial charge in [0, 0.05) is 6.07 Å². The fourth-order valence-electron chi connectivity index (χ4n) is 1.32. The molecule has 18 heavy (non-hydrogen) atoms. The van der Waals surface area contributed by atoms with Crippen LogP contribution in [0.3, 0.4) is 0 Å². The summed E-state index contributed by atoms with van der Waals surface area (Å²) in [6, 6.07) is 6.40. The molecule has 94 valence electrons. The highest BCUT2D eigenvalue weighted by Crippen LogP contribution is 2.31. The van der Waals surface area contributed by atoms with E-state index in [2.05, 4.69) is 0 Å². The van der Waals surface area contributed by atoms with Crippen LogP contribution in [0.2, 0.25) is 0 Å². The summed E-state index contributed by atoms with van der Waals surface area (Å²) in [6.07, 6.45) is 0. The molecule has 0 fully saturated rings. The van der Waals surface area contributed by atoms with Crippen molar-refractivity contribution in [3.05, 3.63) is 53.6 Å². The van der Waals surface area contributed by atoms with E-state index in [1.165, 1.54) is 12.1 Å². The minimum atomic E-state index is -1.93. The van der Waals surface area contributed by atoms with Crippen LogP contribution in [0.5, 0.6) is 11.5 Å². The van der Waals surface area contributed by atoms with Crippen molar-refractivity contribution in [1.29, 1.82) is 0 Å². The van der Waals surface area contributed by atoms with Crippen molar-refractivity contribution in [3.8, 4) is 11.5 Å². The molecule has 0 aliphatic carbocycles. The standard InChI is InChI=1S/C12H7F4NO/c13-6-5-9(11(15)12(16)10(6)14)18-8-4-2-1-3-7(8)17/h1-5H,17H2. The Morgan fingerprint density at radius 3 is 2.17 bits per heavy atom. The molecule has 0 saturated heterocycles. The van der Waals surface area contributed by atoms with Crippen molar-refractivity contribution in [2.45, 2.75) is 0 Å². The maximum atomic E-state index is 13.3. The van der Waals surface area contributed by atoms with Crippen LogP contribution in [0.1, 0.15) is 0 Å². The average molecular weight is 257 g/mol. The van der Waals surface area contributed by atoms with Crippen molar-refractivity contribution in [3.63, 3.8) is 0 Å². The maximum absolute atomic E-state index is 13.3. The zero-order valence-corrected chi connectivity index (χ0v) is 8.88. The van der Waals surface area contributed by atoms with Gasteiger partial charge in [0.15, 0.2) is 17.4 Å². The monoisotopic (exact) mass is 257 g/mol. The highest BCUT2D eigenvalue weighted by Gasteiger charge is 2.20. The molecular formula is C12H7F4NO. The van der Waals surface area contributed by atoms with Gasteiger partial charge >= 0.3 is 0 Å². The van der Waals surface area contributed by atoms with Crippen molar-refractivity contribution in [2.24, 2.45) is 0 Å². The third kappa shape index (κ3) is 2.09. The molecule has 2 aromatic rings. The maximum Gasteiger partial charge on any atom is 0.204 e. The molecule has 0 spiro atoms. The number of halogens is 4. The number of nitrogen functional groups attached to an aromatic ring is 1. The molecule has 2 aromatic carbocycles. The predicted molar refractivity (Wildman–Crippen MR) is 57.2 cm³/mol. The van der Waals surface area contributed by atoms with Crippen LogP contribution in [0, 0.1) is 23.3 Å². The van der Waals surface area contributed by atoms with Gasteiger partial charge in [0.2, 0.25) is 11.6 Å². The first-order valence-corrected chi connectivity index (χ1v) is 4.86. The molecule has 0 aliphatic rings. The molecule has 0 radical (unpaired) electrons. The molecule has 2 nitrogen and oxygen atoms in total. The first-order valence-electron chi connectivity index (χ1n) is 4.86. The average Bonchev–Trinajstić information content (AvgIpc) is 2.36. The highest BCUT2D eigenvalue weighted by atomic mass is 19.2. The third-order valence-electron chi connectivity index (χ3n) is 2.21. The van der Waals surface area contributed by atoms with Crippen LogP contribution >= 0.6 is 0 Å². The number of benzene rings is 2. The smallest absolute Gasteiger partial charge is 0.204 e. The van der Waals surface area contributed by atoms with Gasteiger partial charge in [-0.15, -0.1) is 0 Å². The fourth-order valence-corrected chi connectivity index (χ4v) is 1.32. The Hall–Kier alpha value is -2.24. The Morgan fingerprint density at radius 1 is 0.833 bits per heavy atom. The van der Waals surface area contributed by atoms with E-state index in [1.54, 1.807) is 12.1 Å². The SMILES string of the molecule is Nc1ccccc1Oc1cc(F)c(F)c(F)c1F. The lowest BCUT2D eigenvalue weighted by molar-refractivity contribution is 0.371. The topological polar surface area (TPSA) is 35.2 Å². The van der Waals surface area contributed by atoms with Crippen LogP contribution in [-0.4, -0.2) is 0 Å². The zero-order valence-electron chi connectivity index (χ0n) is 8.88. The second-order valence-electron chi connectivity index (χ2n) is 3.44. The van der Waals surface area contributed by atoms with E-state index < -0.39 is 29.0 Å². The number of nitrogens with two attached hydrogens (primary N) is 1. The van der Waals surface area contributed by atoms with Crippen molar-refractivity contribution >= 4 is 5.69 Å². The first kappa shape index (κ1) is 12.2. The van der Waals surface area contributed by atoms with Crippen LogP contribution in [0.15, 0.2) is 30.3 Å². The lowest BCUT2D eigenvalue weighted by atomic mass is 10.2. The van der Waals surface area contributed by atoms with Gasteiger partial charge in [-0.3, -0.25) is 0 Å². The van der Waals surface area contributed by atoms with E-state index in [-0.39, 0.29) is 11.4 Å². The van der Waals surface area contributed by atoms with E-state index in [0.29, 0.717) is 6.07 Å². The summed E-state index contributed by atoms with van der Waals surface area (Å²) in [5.74, 6) is -7.73. The van der Waals surface area contributed by atoms with Crippen LogP contribution in [0.4, 0.5) is 23.2 Å². The Kier molecular flexibility index (Phi) is 3.10. The summed E-state index contributed by atoms with van der Waals surface area (Å²) in [5.41, 5.74) is 5.67. The normalized spacial score (nSPS) is 10.4. The van der Waals surface area contributed by atoms with Gasteiger partial charge in [-0.05, 0) is 12.1 Å². The van der Waals surface area contributed by atoms with Gasteiger partial charge in [-0.2, -0.15) is 4.39 Å². The quantitative estimate of drug-likeness (QED) is 0.386. The van der Waals surface area contributed by atoms with E-state index >= 15 is 0 Å². The molecule has 2 rings (SSSR count). The van der Waals surface area contributed by atoms with Gasteiger partial charge in [0.05, 0.1) is 5.69 Å². The van der Waals surface area contributed by atoms with Gasteiger partial charge in [0.25, 0.3) is 0 Å². The van der Waals surface area contributed by atoms with Gasteiger partial charge in [-0.1, -0.05) is 12.1 Å². The van der Waals surface area contributed by atoms with E-state index in [9.17, 15) is 17.6 Å². The predicted octanol–water partition coefficient (Wildman–Crippen LogP) is 3.62. The fraction of sp³-hybridized carbons (Fsp3) is 0. The number of para-hydroxylation sites is 2. The molecule has 0 unspecified atom stereocenters. The Bertz CT molecular complexity index is 601. The molecule has 0 saturated carbocycles. The van der Waals surface area contributed by atoms with Crippen molar-refractivity contribution < 1.29 is 22.3 Å². The van der Waals surface area contributed by atoms with Crippen molar-refractivity contribution in [2.75, 3.05) is 5.73 Å². The van der Waals surface area contributed by atoms with E-state index in [1.807, 2.05) is 0 Å². The van der Waals surface area contributed by atoms with Gasteiger partial charge in [0.1, 0.15) is 5.75 Å². The molecule has 0 heterocycles. The molecule has 0 aliphatic heterocycles. The zero-order chi connectivity index (χ0) is 13.3. The van der Waals surface area contributed by atoms with Gasteiger partial charge < -0.3 is 10.5 Å². The molecular weight excluding hydrogens is 250 g/mol. The number of hydrogen-bond acceptors (Lipinski definition) is 2.